The third-order valence-electron chi connectivity index (χ3n) is 3.09. The summed E-state index contributed by atoms with van der Waals surface area (Å²) in [5.74, 6) is 0.789. The molecule has 21 heavy (non-hydrogen) atoms. The Morgan fingerprint density at radius 2 is 1.62 bits per heavy atom. The van der Waals surface area contributed by atoms with Crippen molar-refractivity contribution in [2.75, 3.05) is 53.7 Å². The van der Waals surface area contributed by atoms with E-state index in [1.54, 1.807) is 26.4 Å². The number of rotatable bonds is 11. The van der Waals surface area contributed by atoms with Crippen LogP contribution < -0.4 is 4.74 Å². The lowest BCUT2D eigenvalue weighted by Crippen LogP contribution is -2.33. The molecule has 116 valence electrons. The van der Waals surface area contributed by atoms with Crippen molar-refractivity contribution in [2.24, 2.45) is 0 Å². The lowest BCUT2D eigenvalue weighted by molar-refractivity contribution is 0.121. The number of nitrogens with zero attached hydrogens (tertiary/aromatic N) is 2. The minimum atomic E-state index is 0.614. The van der Waals surface area contributed by atoms with E-state index < -0.39 is 0 Å². The Kier molecular flexibility index (Phi) is 9.21. The van der Waals surface area contributed by atoms with Crippen LogP contribution in [0.2, 0.25) is 0 Å². The van der Waals surface area contributed by atoms with E-state index in [0.717, 1.165) is 38.4 Å². The smallest absolute Gasteiger partial charge is 0.119 e. The molecule has 5 nitrogen and oxygen atoms in total. The molecule has 0 aliphatic heterocycles. The Labute approximate surface area is 127 Å². The normalized spacial score (nSPS) is 10.6. The van der Waals surface area contributed by atoms with Gasteiger partial charge in [-0.05, 0) is 30.7 Å². The molecule has 0 N–H and O–H groups in total. The second-order valence-corrected chi connectivity index (χ2v) is 4.67. The van der Waals surface area contributed by atoms with Crippen LogP contribution in [0.15, 0.2) is 24.3 Å². The van der Waals surface area contributed by atoms with Crippen LogP contribution in [0.1, 0.15) is 12.0 Å². The van der Waals surface area contributed by atoms with E-state index in [4.69, 9.17) is 19.5 Å². The van der Waals surface area contributed by atoms with Crippen LogP contribution in [0.5, 0.6) is 5.75 Å². The zero-order valence-corrected chi connectivity index (χ0v) is 12.9. The quantitative estimate of drug-likeness (QED) is 0.583. The van der Waals surface area contributed by atoms with E-state index in [0.29, 0.717) is 18.8 Å². The Morgan fingerprint density at radius 1 is 0.952 bits per heavy atom. The van der Waals surface area contributed by atoms with Crippen molar-refractivity contribution in [3.8, 4) is 11.8 Å². The van der Waals surface area contributed by atoms with Gasteiger partial charge in [-0.3, -0.25) is 4.90 Å². The van der Waals surface area contributed by atoms with Gasteiger partial charge in [0.25, 0.3) is 0 Å². The number of hydrogen-bond donors (Lipinski definition) is 0. The summed E-state index contributed by atoms with van der Waals surface area (Å²) in [6, 6.07) is 9.26. The summed E-state index contributed by atoms with van der Waals surface area (Å²) in [7, 11) is 3.42. The fourth-order valence-corrected chi connectivity index (χ4v) is 1.91. The molecular weight excluding hydrogens is 268 g/mol. The van der Waals surface area contributed by atoms with Gasteiger partial charge in [-0.1, -0.05) is 0 Å². The molecule has 1 aromatic rings. The zero-order valence-electron chi connectivity index (χ0n) is 12.9. The van der Waals surface area contributed by atoms with Crippen LogP contribution in [0, 0.1) is 11.3 Å². The molecule has 0 heterocycles. The highest BCUT2D eigenvalue weighted by Gasteiger charge is 2.05. The fourth-order valence-electron chi connectivity index (χ4n) is 1.91. The predicted molar refractivity (Wildman–Crippen MR) is 81.5 cm³/mol. The Bertz CT molecular complexity index is 415. The second kappa shape index (κ2) is 11.1. The van der Waals surface area contributed by atoms with Gasteiger partial charge >= 0.3 is 0 Å². The first-order valence-corrected chi connectivity index (χ1v) is 7.13. The average molecular weight is 292 g/mol. The minimum Gasteiger partial charge on any atom is -0.492 e. The van der Waals surface area contributed by atoms with Crippen molar-refractivity contribution >= 4 is 0 Å². The summed E-state index contributed by atoms with van der Waals surface area (Å²) in [5, 5.41) is 8.74. The standard InChI is InChI=1S/C16H24N2O3/c1-19-11-3-8-18(9-12-20-2)10-13-21-16-6-4-15(14-17)5-7-16/h4-7H,3,8-13H2,1-2H3. The van der Waals surface area contributed by atoms with Crippen molar-refractivity contribution < 1.29 is 14.2 Å². The Morgan fingerprint density at radius 3 is 2.24 bits per heavy atom. The second-order valence-electron chi connectivity index (χ2n) is 4.67. The van der Waals surface area contributed by atoms with Gasteiger partial charge in [0, 0.05) is 40.5 Å². The molecular formula is C16H24N2O3. The van der Waals surface area contributed by atoms with Crippen LogP contribution in [0.3, 0.4) is 0 Å². The molecule has 0 unspecified atom stereocenters. The van der Waals surface area contributed by atoms with Gasteiger partial charge in [0.15, 0.2) is 0 Å². The maximum Gasteiger partial charge on any atom is 0.119 e. The van der Waals surface area contributed by atoms with E-state index in [1.165, 1.54) is 0 Å². The third kappa shape index (κ3) is 7.66. The Hall–Kier alpha value is -1.61. The van der Waals surface area contributed by atoms with Gasteiger partial charge < -0.3 is 14.2 Å². The molecule has 1 rings (SSSR count). The molecule has 0 aliphatic rings. The fraction of sp³-hybridized carbons (Fsp3) is 0.562. The summed E-state index contributed by atoms with van der Waals surface area (Å²) in [6.45, 7) is 4.78. The first-order valence-electron chi connectivity index (χ1n) is 7.13. The van der Waals surface area contributed by atoms with E-state index in [2.05, 4.69) is 11.0 Å². The average Bonchev–Trinajstić information content (AvgIpc) is 2.53. The van der Waals surface area contributed by atoms with E-state index in [9.17, 15) is 0 Å². The molecule has 0 saturated heterocycles. The number of benzene rings is 1. The molecule has 0 aliphatic carbocycles. The van der Waals surface area contributed by atoms with Gasteiger partial charge in [0.2, 0.25) is 0 Å². The van der Waals surface area contributed by atoms with Gasteiger partial charge in [-0.25, -0.2) is 0 Å². The molecule has 0 amide bonds. The molecule has 0 fully saturated rings. The molecule has 0 radical (unpaired) electrons. The summed E-state index contributed by atoms with van der Waals surface area (Å²) in [5.41, 5.74) is 0.642. The molecule has 0 spiro atoms. The van der Waals surface area contributed by atoms with Crippen LogP contribution >= 0.6 is 0 Å². The van der Waals surface area contributed by atoms with Gasteiger partial charge in [0.05, 0.1) is 18.2 Å². The van der Waals surface area contributed by atoms with Gasteiger partial charge in [0.1, 0.15) is 12.4 Å². The first kappa shape index (κ1) is 17.4. The third-order valence-corrected chi connectivity index (χ3v) is 3.09. The van der Waals surface area contributed by atoms with Crippen LogP contribution in [0.25, 0.3) is 0 Å². The number of hydrogen-bond acceptors (Lipinski definition) is 5. The van der Waals surface area contributed by atoms with E-state index in [-0.39, 0.29) is 0 Å². The predicted octanol–water partition coefficient (Wildman–Crippen LogP) is 1.92. The van der Waals surface area contributed by atoms with Crippen LogP contribution in [-0.2, 0) is 9.47 Å². The van der Waals surface area contributed by atoms with Crippen molar-refractivity contribution in [1.82, 2.24) is 4.90 Å². The molecule has 0 saturated carbocycles. The summed E-state index contributed by atoms with van der Waals surface area (Å²) >= 11 is 0. The Balaban J connectivity index is 2.31. The van der Waals surface area contributed by atoms with Crippen molar-refractivity contribution in [3.05, 3.63) is 29.8 Å². The maximum atomic E-state index is 8.74. The number of nitriles is 1. The van der Waals surface area contributed by atoms with Crippen LogP contribution in [-0.4, -0.2) is 58.6 Å². The van der Waals surface area contributed by atoms with Gasteiger partial charge in [-0.2, -0.15) is 5.26 Å². The number of ether oxygens (including phenoxy) is 3. The topological polar surface area (TPSA) is 54.7 Å². The lowest BCUT2D eigenvalue weighted by atomic mass is 10.2. The van der Waals surface area contributed by atoms with E-state index >= 15 is 0 Å². The summed E-state index contributed by atoms with van der Waals surface area (Å²) in [6.07, 6.45) is 0.997. The molecule has 1 aromatic carbocycles. The summed E-state index contributed by atoms with van der Waals surface area (Å²) < 4.78 is 15.9. The van der Waals surface area contributed by atoms with Crippen molar-refractivity contribution in [1.29, 1.82) is 5.26 Å². The zero-order chi connectivity index (χ0) is 15.3. The van der Waals surface area contributed by atoms with E-state index in [1.807, 2.05) is 12.1 Å². The van der Waals surface area contributed by atoms with Gasteiger partial charge in [-0.15, -0.1) is 0 Å². The minimum absolute atomic E-state index is 0.614. The monoisotopic (exact) mass is 292 g/mol. The highest BCUT2D eigenvalue weighted by atomic mass is 16.5. The maximum absolute atomic E-state index is 8.74. The summed E-state index contributed by atoms with van der Waals surface area (Å²) in [4.78, 5) is 2.30. The largest absolute Gasteiger partial charge is 0.492 e. The number of methoxy groups -OCH3 is 2. The highest BCUT2D eigenvalue weighted by molar-refractivity contribution is 5.34. The molecule has 0 atom stereocenters. The van der Waals surface area contributed by atoms with Crippen LogP contribution in [0.4, 0.5) is 0 Å². The first-order chi connectivity index (χ1) is 10.3. The molecule has 0 bridgehead atoms. The molecule has 0 aromatic heterocycles. The van der Waals surface area contributed by atoms with Crippen molar-refractivity contribution in [3.63, 3.8) is 0 Å². The highest BCUT2D eigenvalue weighted by Crippen LogP contribution is 2.11. The molecule has 5 heteroatoms. The lowest BCUT2D eigenvalue weighted by Gasteiger charge is -2.21. The SMILES string of the molecule is COCCCN(CCOC)CCOc1ccc(C#N)cc1. The van der Waals surface area contributed by atoms with Crippen molar-refractivity contribution in [2.45, 2.75) is 6.42 Å².